The van der Waals surface area contributed by atoms with Crippen LogP contribution in [0.5, 0.6) is 0 Å². The highest BCUT2D eigenvalue weighted by Gasteiger charge is 2.07. The summed E-state index contributed by atoms with van der Waals surface area (Å²) in [5, 5.41) is 3.73. The smallest absolute Gasteiger partial charge is 0.267 e. The fraction of sp³-hybridized carbons (Fsp3) is 0.118. The van der Waals surface area contributed by atoms with Crippen molar-refractivity contribution in [3.63, 3.8) is 0 Å². The van der Waals surface area contributed by atoms with Crippen molar-refractivity contribution in [2.45, 2.75) is 13.8 Å². The molecular formula is C17H17N3O3. The minimum Gasteiger partial charge on any atom is -0.464 e. The van der Waals surface area contributed by atoms with Crippen molar-refractivity contribution in [2.24, 2.45) is 10.8 Å². The number of nitrogens with two attached hydrogens (primary N) is 1. The molecule has 0 unspecified atom stereocenters. The van der Waals surface area contributed by atoms with Gasteiger partial charge in [-0.25, -0.2) is 5.43 Å². The molecule has 0 fully saturated rings. The van der Waals surface area contributed by atoms with Crippen LogP contribution in [-0.4, -0.2) is 12.1 Å². The van der Waals surface area contributed by atoms with Crippen LogP contribution in [0.15, 0.2) is 50.6 Å². The maximum absolute atomic E-state index is 12.1. The number of allylic oxidation sites excluding steroid dienone is 3. The van der Waals surface area contributed by atoms with Crippen molar-refractivity contribution < 1.29 is 9.21 Å². The zero-order valence-corrected chi connectivity index (χ0v) is 12.9. The fourth-order valence-electron chi connectivity index (χ4n) is 1.50. The molecule has 3 N–H and O–H groups in total. The third-order valence-corrected chi connectivity index (χ3v) is 2.80. The van der Waals surface area contributed by atoms with E-state index in [4.69, 9.17) is 16.6 Å². The molecule has 0 bridgehead atoms. The lowest BCUT2D eigenvalue weighted by atomic mass is 10.1. The number of hydrogen-bond donors (Lipinski definition) is 2. The monoisotopic (exact) mass is 311 g/mol. The van der Waals surface area contributed by atoms with E-state index in [0.29, 0.717) is 16.9 Å². The largest absolute Gasteiger partial charge is 0.464 e. The third-order valence-electron chi connectivity index (χ3n) is 2.80. The van der Waals surface area contributed by atoms with Crippen molar-refractivity contribution in [3.8, 4) is 12.3 Å². The van der Waals surface area contributed by atoms with E-state index in [1.54, 1.807) is 13.8 Å². The molecule has 0 saturated carbocycles. The molecule has 1 amide bonds. The van der Waals surface area contributed by atoms with Crippen LogP contribution in [-0.2, 0) is 4.79 Å². The SMILES string of the molecule is C#C/C=C\c1occ(/C=N/NC(=O)/C(C)=C/C=C\N)c(=O)c1C. The van der Waals surface area contributed by atoms with Crippen LogP contribution in [0.2, 0.25) is 0 Å². The quantitative estimate of drug-likeness (QED) is 0.283. The van der Waals surface area contributed by atoms with E-state index < -0.39 is 5.91 Å². The lowest BCUT2D eigenvalue weighted by Crippen LogP contribution is -2.19. The molecule has 0 aliphatic rings. The summed E-state index contributed by atoms with van der Waals surface area (Å²) in [6.07, 6.45) is 14.9. The second-order valence-corrected chi connectivity index (χ2v) is 4.44. The number of carbonyl (C=O) groups is 1. The van der Waals surface area contributed by atoms with E-state index >= 15 is 0 Å². The second-order valence-electron chi connectivity index (χ2n) is 4.44. The van der Waals surface area contributed by atoms with Crippen molar-refractivity contribution in [3.05, 3.63) is 63.4 Å². The van der Waals surface area contributed by atoms with Crippen molar-refractivity contribution in [2.75, 3.05) is 0 Å². The molecule has 0 radical (unpaired) electrons. The number of hydrazone groups is 1. The lowest BCUT2D eigenvalue weighted by molar-refractivity contribution is -0.117. The Morgan fingerprint density at radius 1 is 1.52 bits per heavy atom. The van der Waals surface area contributed by atoms with Crippen LogP contribution in [0.25, 0.3) is 6.08 Å². The Morgan fingerprint density at radius 3 is 2.91 bits per heavy atom. The van der Waals surface area contributed by atoms with Gasteiger partial charge < -0.3 is 10.2 Å². The van der Waals surface area contributed by atoms with Gasteiger partial charge in [-0.15, -0.1) is 6.42 Å². The molecule has 0 aliphatic carbocycles. The Morgan fingerprint density at radius 2 is 2.26 bits per heavy atom. The first-order chi connectivity index (χ1) is 11.0. The summed E-state index contributed by atoms with van der Waals surface area (Å²) in [4.78, 5) is 23.8. The summed E-state index contributed by atoms with van der Waals surface area (Å²) in [6, 6.07) is 0. The molecule has 0 atom stereocenters. The molecule has 0 spiro atoms. The van der Waals surface area contributed by atoms with Gasteiger partial charge in [-0.1, -0.05) is 12.0 Å². The highest BCUT2D eigenvalue weighted by Crippen LogP contribution is 2.06. The Kier molecular flexibility index (Phi) is 6.82. The Labute approximate surface area is 134 Å². The van der Waals surface area contributed by atoms with Gasteiger partial charge >= 0.3 is 0 Å². The van der Waals surface area contributed by atoms with Gasteiger partial charge in [-0.2, -0.15) is 5.10 Å². The van der Waals surface area contributed by atoms with Crippen LogP contribution < -0.4 is 16.6 Å². The lowest BCUT2D eigenvalue weighted by Gasteiger charge is -2.00. The summed E-state index contributed by atoms with van der Waals surface area (Å²) in [5.74, 6) is 2.28. The summed E-state index contributed by atoms with van der Waals surface area (Å²) in [7, 11) is 0. The molecule has 1 aromatic rings. The average molecular weight is 311 g/mol. The molecule has 1 heterocycles. The Bertz CT molecular complexity index is 790. The van der Waals surface area contributed by atoms with E-state index in [1.165, 1.54) is 43.0 Å². The molecule has 1 rings (SSSR count). The standard InChI is InChI=1S/C17H17N3O3/c1-4-5-8-15-13(3)16(21)14(11-23-15)10-19-20-17(22)12(2)7-6-9-18/h1,5-11H,18H2,2-3H3,(H,20,22)/b8-5-,9-6-,12-7+,19-10+. The zero-order valence-electron chi connectivity index (χ0n) is 12.9. The van der Waals surface area contributed by atoms with Crippen molar-refractivity contribution in [1.29, 1.82) is 0 Å². The molecule has 0 saturated heterocycles. The molecule has 0 aromatic carbocycles. The van der Waals surface area contributed by atoms with E-state index in [1.807, 2.05) is 0 Å². The normalized spacial score (nSPS) is 12.1. The third kappa shape index (κ3) is 5.17. The topological polar surface area (TPSA) is 97.7 Å². The van der Waals surface area contributed by atoms with E-state index in [2.05, 4.69) is 16.4 Å². The molecule has 6 nitrogen and oxygen atoms in total. The van der Waals surface area contributed by atoms with Crippen LogP contribution in [0.3, 0.4) is 0 Å². The van der Waals surface area contributed by atoms with E-state index in [-0.39, 0.29) is 11.0 Å². The number of nitrogens with zero attached hydrogens (tertiary/aromatic N) is 1. The Balaban J connectivity index is 2.88. The van der Waals surface area contributed by atoms with Crippen molar-refractivity contribution >= 4 is 18.2 Å². The Hall–Kier alpha value is -3.33. The number of amides is 1. The van der Waals surface area contributed by atoms with Gasteiger partial charge in [-0.05, 0) is 38.3 Å². The summed E-state index contributed by atoms with van der Waals surface area (Å²) in [5.41, 5.74) is 8.25. The summed E-state index contributed by atoms with van der Waals surface area (Å²) >= 11 is 0. The minimum absolute atomic E-state index is 0.212. The fourth-order valence-corrected chi connectivity index (χ4v) is 1.50. The van der Waals surface area contributed by atoms with Crippen LogP contribution in [0.4, 0.5) is 0 Å². The predicted octanol–water partition coefficient (Wildman–Crippen LogP) is 1.46. The number of nitrogens with one attached hydrogen (secondary N) is 1. The van der Waals surface area contributed by atoms with E-state index in [0.717, 1.165) is 0 Å². The first kappa shape index (κ1) is 17.7. The first-order valence-electron chi connectivity index (χ1n) is 6.65. The predicted molar refractivity (Wildman–Crippen MR) is 90.4 cm³/mol. The van der Waals surface area contributed by atoms with Crippen LogP contribution >= 0.6 is 0 Å². The molecule has 6 heteroatoms. The second kappa shape index (κ2) is 8.85. The summed E-state index contributed by atoms with van der Waals surface area (Å²) < 4.78 is 5.31. The van der Waals surface area contributed by atoms with Crippen molar-refractivity contribution in [1.82, 2.24) is 5.43 Å². The van der Waals surface area contributed by atoms with Gasteiger partial charge in [-0.3, -0.25) is 9.59 Å². The number of hydrogen-bond acceptors (Lipinski definition) is 5. The minimum atomic E-state index is -0.408. The van der Waals surface area contributed by atoms with Gasteiger partial charge in [0.15, 0.2) is 5.43 Å². The number of terminal acetylenes is 1. The van der Waals surface area contributed by atoms with Crippen LogP contribution in [0.1, 0.15) is 23.8 Å². The van der Waals surface area contributed by atoms with Gasteiger partial charge in [0.1, 0.15) is 12.0 Å². The zero-order chi connectivity index (χ0) is 17.2. The average Bonchev–Trinajstić information content (AvgIpc) is 2.55. The van der Waals surface area contributed by atoms with Crippen LogP contribution in [0, 0.1) is 19.3 Å². The number of carbonyl (C=O) groups excluding carboxylic acids is 1. The highest BCUT2D eigenvalue weighted by atomic mass is 16.3. The molecule has 118 valence electrons. The van der Waals surface area contributed by atoms with E-state index in [9.17, 15) is 9.59 Å². The first-order valence-corrected chi connectivity index (χ1v) is 6.65. The van der Waals surface area contributed by atoms with Gasteiger partial charge in [0.25, 0.3) is 5.91 Å². The summed E-state index contributed by atoms with van der Waals surface area (Å²) in [6.45, 7) is 3.22. The maximum Gasteiger partial charge on any atom is 0.267 e. The molecule has 23 heavy (non-hydrogen) atoms. The highest BCUT2D eigenvalue weighted by molar-refractivity contribution is 5.93. The van der Waals surface area contributed by atoms with Gasteiger partial charge in [0, 0.05) is 11.1 Å². The molecule has 1 aromatic heterocycles. The van der Waals surface area contributed by atoms with Gasteiger partial charge in [0.2, 0.25) is 0 Å². The maximum atomic E-state index is 12.1. The molecular weight excluding hydrogens is 294 g/mol. The van der Waals surface area contributed by atoms with Gasteiger partial charge in [0.05, 0.1) is 11.8 Å². The molecule has 0 aliphatic heterocycles. The number of rotatable bonds is 5.